The lowest BCUT2D eigenvalue weighted by Crippen LogP contribution is -2.42. The summed E-state index contributed by atoms with van der Waals surface area (Å²) in [4.78, 5) is 0. The summed E-state index contributed by atoms with van der Waals surface area (Å²) >= 11 is 12.4. The Kier molecular flexibility index (Phi) is 7.74. The van der Waals surface area contributed by atoms with Gasteiger partial charge in [0.25, 0.3) is 0 Å². The van der Waals surface area contributed by atoms with Crippen molar-refractivity contribution in [3.63, 3.8) is 0 Å². The average Bonchev–Trinajstić information content (AvgIpc) is 2.62. The van der Waals surface area contributed by atoms with E-state index in [0.717, 1.165) is 5.56 Å². The Bertz CT molecular complexity index is 784. The third kappa shape index (κ3) is 6.25. The molecule has 0 spiro atoms. The van der Waals surface area contributed by atoms with Crippen molar-refractivity contribution in [2.45, 2.75) is 39.5 Å². The van der Waals surface area contributed by atoms with E-state index in [4.69, 9.17) is 32.7 Å². The van der Waals surface area contributed by atoms with Gasteiger partial charge in [-0.2, -0.15) is 0 Å². The maximum absolute atomic E-state index is 13.2. The van der Waals surface area contributed by atoms with Gasteiger partial charge in [0, 0.05) is 28.7 Å². The molecule has 0 aliphatic rings. The molecule has 0 amide bonds. The SMILES string of the molecule is CCOc1cc(CNC(C)(C)CO)c(Cl)cc1OCc1ccc(F)cc1Cl. The van der Waals surface area contributed by atoms with Gasteiger partial charge in [-0.05, 0) is 44.5 Å². The Balaban J connectivity index is 2.19. The fraction of sp³-hybridized carbons (Fsp3) is 0.400. The van der Waals surface area contributed by atoms with Crippen molar-refractivity contribution >= 4 is 23.2 Å². The fourth-order valence-corrected chi connectivity index (χ4v) is 2.72. The van der Waals surface area contributed by atoms with E-state index in [1.165, 1.54) is 12.1 Å². The molecule has 0 unspecified atom stereocenters. The van der Waals surface area contributed by atoms with Crippen molar-refractivity contribution in [3.8, 4) is 11.5 Å². The minimum Gasteiger partial charge on any atom is -0.490 e. The first-order valence-corrected chi connectivity index (χ1v) is 9.39. The highest BCUT2D eigenvalue weighted by Crippen LogP contribution is 2.35. The molecular weight excluding hydrogens is 392 g/mol. The molecular formula is C20H24Cl2FNO3. The number of rotatable bonds is 9. The number of ether oxygens (including phenoxy) is 2. The van der Waals surface area contributed by atoms with Crippen LogP contribution < -0.4 is 14.8 Å². The topological polar surface area (TPSA) is 50.7 Å². The molecule has 0 bridgehead atoms. The molecule has 2 N–H and O–H groups in total. The van der Waals surface area contributed by atoms with Gasteiger partial charge in [0.15, 0.2) is 11.5 Å². The molecule has 0 aliphatic carbocycles. The molecule has 4 nitrogen and oxygen atoms in total. The first kappa shape index (κ1) is 21.8. The largest absolute Gasteiger partial charge is 0.490 e. The number of nitrogens with one attached hydrogen (secondary N) is 1. The average molecular weight is 416 g/mol. The van der Waals surface area contributed by atoms with Crippen LogP contribution in [0.4, 0.5) is 4.39 Å². The monoisotopic (exact) mass is 415 g/mol. The highest BCUT2D eigenvalue weighted by atomic mass is 35.5. The predicted molar refractivity (Wildman–Crippen MR) is 106 cm³/mol. The molecule has 0 saturated heterocycles. The van der Waals surface area contributed by atoms with Gasteiger partial charge in [-0.3, -0.25) is 0 Å². The van der Waals surface area contributed by atoms with Gasteiger partial charge in [-0.15, -0.1) is 0 Å². The summed E-state index contributed by atoms with van der Waals surface area (Å²) in [6.45, 7) is 6.76. The number of aliphatic hydroxyl groups excluding tert-OH is 1. The van der Waals surface area contributed by atoms with Crippen molar-refractivity contribution in [2.24, 2.45) is 0 Å². The van der Waals surface area contributed by atoms with Crippen molar-refractivity contribution in [1.29, 1.82) is 0 Å². The Morgan fingerprint density at radius 1 is 1.04 bits per heavy atom. The molecule has 0 heterocycles. The van der Waals surface area contributed by atoms with Gasteiger partial charge in [0.05, 0.1) is 18.2 Å². The second kappa shape index (κ2) is 9.60. The third-order valence-corrected chi connectivity index (χ3v) is 4.67. The molecule has 0 saturated carbocycles. The first-order chi connectivity index (χ1) is 12.8. The molecule has 0 radical (unpaired) electrons. The van der Waals surface area contributed by atoms with Gasteiger partial charge in [-0.1, -0.05) is 29.3 Å². The number of hydrogen-bond acceptors (Lipinski definition) is 4. The van der Waals surface area contributed by atoms with Crippen LogP contribution in [0.15, 0.2) is 30.3 Å². The van der Waals surface area contributed by atoms with Crippen LogP contribution in [0, 0.1) is 5.82 Å². The highest BCUT2D eigenvalue weighted by Gasteiger charge is 2.18. The minimum atomic E-state index is -0.427. The Morgan fingerprint density at radius 2 is 1.70 bits per heavy atom. The molecule has 148 valence electrons. The first-order valence-electron chi connectivity index (χ1n) is 8.63. The smallest absolute Gasteiger partial charge is 0.163 e. The lowest BCUT2D eigenvalue weighted by molar-refractivity contribution is 0.187. The zero-order chi connectivity index (χ0) is 20.0. The molecule has 0 fully saturated rings. The number of hydrogen-bond donors (Lipinski definition) is 2. The van der Waals surface area contributed by atoms with Gasteiger partial charge in [-0.25, -0.2) is 4.39 Å². The van der Waals surface area contributed by atoms with E-state index in [1.807, 2.05) is 26.8 Å². The maximum Gasteiger partial charge on any atom is 0.163 e. The normalized spacial score (nSPS) is 11.5. The van der Waals surface area contributed by atoms with E-state index in [2.05, 4.69) is 5.32 Å². The lowest BCUT2D eigenvalue weighted by Gasteiger charge is -2.24. The summed E-state index contributed by atoms with van der Waals surface area (Å²) < 4.78 is 24.7. The fourth-order valence-electron chi connectivity index (χ4n) is 2.28. The van der Waals surface area contributed by atoms with E-state index in [0.29, 0.717) is 40.3 Å². The van der Waals surface area contributed by atoms with Crippen LogP contribution in [0.3, 0.4) is 0 Å². The standard InChI is InChI=1S/C20H24Cl2FNO3/c1-4-26-18-7-14(10-24-20(2,3)12-25)17(22)9-19(18)27-11-13-5-6-15(23)8-16(13)21/h5-9,24-25H,4,10-12H2,1-3H3. The van der Waals surface area contributed by atoms with Crippen LogP contribution in [0.1, 0.15) is 31.9 Å². The van der Waals surface area contributed by atoms with Crippen molar-refractivity contribution in [1.82, 2.24) is 5.32 Å². The summed E-state index contributed by atoms with van der Waals surface area (Å²) in [5.74, 6) is 0.635. The van der Waals surface area contributed by atoms with E-state index in [1.54, 1.807) is 12.1 Å². The Hall–Kier alpha value is -1.53. The highest BCUT2D eigenvalue weighted by molar-refractivity contribution is 6.31. The molecule has 0 atom stereocenters. The predicted octanol–water partition coefficient (Wildman–Crippen LogP) is 4.97. The molecule has 2 aromatic rings. The second-order valence-corrected chi connectivity index (χ2v) is 7.56. The zero-order valence-corrected chi connectivity index (χ0v) is 17.1. The molecule has 27 heavy (non-hydrogen) atoms. The maximum atomic E-state index is 13.2. The molecule has 7 heteroatoms. The van der Waals surface area contributed by atoms with Crippen LogP contribution in [-0.4, -0.2) is 23.9 Å². The van der Waals surface area contributed by atoms with E-state index < -0.39 is 11.4 Å². The molecule has 2 rings (SSSR count). The number of halogens is 3. The molecule has 0 aromatic heterocycles. The summed E-state index contributed by atoms with van der Waals surface area (Å²) in [5.41, 5.74) is 1.06. The van der Waals surface area contributed by atoms with Gasteiger partial charge >= 0.3 is 0 Å². The Labute approximate surface area is 169 Å². The number of benzene rings is 2. The van der Waals surface area contributed by atoms with E-state index >= 15 is 0 Å². The van der Waals surface area contributed by atoms with Gasteiger partial charge in [0.1, 0.15) is 12.4 Å². The van der Waals surface area contributed by atoms with Crippen LogP contribution in [0.5, 0.6) is 11.5 Å². The molecule has 2 aromatic carbocycles. The minimum absolute atomic E-state index is 0.00254. The van der Waals surface area contributed by atoms with E-state index in [9.17, 15) is 9.50 Å². The summed E-state index contributed by atoms with van der Waals surface area (Å²) in [6.07, 6.45) is 0. The Morgan fingerprint density at radius 3 is 2.33 bits per heavy atom. The summed E-state index contributed by atoms with van der Waals surface area (Å²) in [6, 6.07) is 7.66. The second-order valence-electron chi connectivity index (χ2n) is 6.74. The van der Waals surface area contributed by atoms with Crippen molar-refractivity contribution in [3.05, 3.63) is 57.3 Å². The molecule has 0 aliphatic heterocycles. The van der Waals surface area contributed by atoms with Gasteiger partial charge < -0.3 is 19.9 Å². The number of aliphatic hydroxyl groups is 1. The van der Waals surface area contributed by atoms with Crippen molar-refractivity contribution in [2.75, 3.05) is 13.2 Å². The quantitative estimate of drug-likeness (QED) is 0.606. The van der Waals surface area contributed by atoms with Crippen molar-refractivity contribution < 1.29 is 19.0 Å². The van der Waals surface area contributed by atoms with Crippen LogP contribution >= 0.6 is 23.2 Å². The zero-order valence-electron chi connectivity index (χ0n) is 15.6. The summed E-state index contributed by atoms with van der Waals surface area (Å²) in [7, 11) is 0. The van der Waals surface area contributed by atoms with Gasteiger partial charge in [0.2, 0.25) is 0 Å². The third-order valence-electron chi connectivity index (χ3n) is 3.96. The van der Waals surface area contributed by atoms with Crippen LogP contribution in [-0.2, 0) is 13.2 Å². The van der Waals surface area contributed by atoms with E-state index in [-0.39, 0.29) is 13.2 Å². The lowest BCUT2D eigenvalue weighted by atomic mass is 10.1. The van der Waals surface area contributed by atoms with Crippen LogP contribution in [0.2, 0.25) is 10.0 Å². The van der Waals surface area contributed by atoms with Crippen LogP contribution in [0.25, 0.3) is 0 Å². The summed E-state index contributed by atoms with van der Waals surface area (Å²) in [5, 5.41) is 13.4.